The van der Waals surface area contributed by atoms with E-state index in [1.165, 1.54) is 10.4 Å². The molecule has 0 amide bonds. The molecule has 1 aliphatic heterocycles. The topological polar surface area (TPSA) is 55.8 Å². The van der Waals surface area contributed by atoms with Crippen molar-refractivity contribution in [1.82, 2.24) is 20.5 Å². The number of halogens is 1. The number of hydrogen-bond donors (Lipinski definition) is 2. The second kappa shape index (κ2) is 12.6. The quantitative estimate of drug-likeness (QED) is 0.293. The van der Waals surface area contributed by atoms with Gasteiger partial charge >= 0.3 is 0 Å². The van der Waals surface area contributed by atoms with Crippen molar-refractivity contribution in [1.29, 1.82) is 0 Å². The van der Waals surface area contributed by atoms with Crippen LogP contribution in [-0.2, 0) is 12.0 Å². The van der Waals surface area contributed by atoms with Gasteiger partial charge in [-0.1, -0.05) is 26.8 Å². The van der Waals surface area contributed by atoms with Crippen molar-refractivity contribution in [2.24, 2.45) is 4.99 Å². The molecule has 2 aromatic rings. The van der Waals surface area contributed by atoms with Crippen LogP contribution in [-0.4, -0.2) is 61.7 Å². The Morgan fingerprint density at radius 1 is 1.16 bits per heavy atom. The molecular formula is C23H37IN6S. The lowest BCUT2D eigenvalue weighted by Crippen LogP contribution is -2.46. The first-order valence-corrected chi connectivity index (χ1v) is 11.9. The van der Waals surface area contributed by atoms with Crippen LogP contribution in [0.15, 0.2) is 40.8 Å². The molecule has 3 heterocycles. The summed E-state index contributed by atoms with van der Waals surface area (Å²) >= 11 is 1.81. The summed E-state index contributed by atoms with van der Waals surface area (Å²) in [5, 5.41) is 9.03. The number of likely N-dealkylation sites (N-methyl/N-ethyl adjacent to an activating group) is 1. The maximum absolute atomic E-state index is 4.82. The molecule has 172 valence electrons. The molecule has 2 aromatic heterocycles. The zero-order valence-corrected chi connectivity index (χ0v) is 22.4. The van der Waals surface area contributed by atoms with Gasteiger partial charge in [-0.2, -0.15) is 0 Å². The fourth-order valence-corrected chi connectivity index (χ4v) is 4.44. The first-order valence-electron chi connectivity index (χ1n) is 11.0. The average Bonchev–Trinajstić information content (AvgIpc) is 3.32. The third-order valence-electron chi connectivity index (χ3n) is 5.60. The molecule has 0 atom stereocenters. The van der Waals surface area contributed by atoms with E-state index in [9.17, 15) is 0 Å². The minimum atomic E-state index is 0. The number of anilines is 1. The second-order valence-corrected chi connectivity index (χ2v) is 9.30. The smallest absolute Gasteiger partial charge is 0.191 e. The first-order chi connectivity index (χ1) is 14.5. The van der Waals surface area contributed by atoms with E-state index in [0.29, 0.717) is 6.54 Å². The van der Waals surface area contributed by atoms with E-state index >= 15 is 0 Å². The Balaban J connectivity index is 0.00000341. The fourth-order valence-electron chi connectivity index (χ4n) is 3.59. The Hall–Kier alpha value is -1.39. The van der Waals surface area contributed by atoms with Gasteiger partial charge in [0.15, 0.2) is 5.96 Å². The summed E-state index contributed by atoms with van der Waals surface area (Å²) in [5.41, 5.74) is 1.25. The predicted octanol–water partition coefficient (Wildman–Crippen LogP) is 3.94. The molecule has 0 unspecified atom stereocenters. The second-order valence-electron chi connectivity index (χ2n) is 8.35. The first kappa shape index (κ1) is 25.9. The van der Waals surface area contributed by atoms with Crippen LogP contribution >= 0.6 is 35.3 Å². The molecule has 8 heteroatoms. The highest BCUT2D eigenvalue weighted by Gasteiger charge is 2.22. The largest absolute Gasteiger partial charge is 0.357 e. The van der Waals surface area contributed by atoms with Gasteiger partial charge < -0.3 is 20.4 Å². The lowest BCUT2D eigenvalue weighted by molar-refractivity contribution is 0.270. The Morgan fingerprint density at radius 2 is 1.94 bits per heavy atom. The molecule has 0 saturated carbocycles. The van der Waals surface area contributed by atoms with E-state index in [1.54, 1.807) is 11.3 Å². The number of thiophene rings is 1. The molecule has 0 radical (unpaired) electrons. The third-order valence-corrected chi connectivity index (χ3v) is 6.84. The summed E-state index contributed by atoms with van der Waals surface area (Å²) in [6.07, 6.45) is 1.91. The van der Waals surface area contributed by atoms with Gasteiger partial charge in [0.05, 0.1) is 6.54 Å². The Labute approximate surface area is 208 Å². The molecule has 1 aliphatic rings. The van der Waals surface area contributed by atoms with Crippen LogP contribution in [0.2, 0.25) is 0 Å². The van der Waals surface area contributed by atoms with Crippen LogP contribution in [0, 0.1) is 0 Å². The Bertz CT molecular complexity index is 800. The third kappa shape index (κ3) is 7.61. The number of aliphatic imine (C=N–C) groups is 1. The number of guanidine groups is 1. The van der Waals surface area contributed by atoms with Crippen molar-refractivity contribution in [3.63, 3.8) is 0 Å². The standard InChI is InChI=1S/C23H36N6S.HI/c1-5-24-22(27-18-23(3,4)20-8-7-15-30-20)26-17-19-9-10-25-21(16-19)29-13-11-28(6-2)12-14-29;/h7-10,15-16H,5-6,11-14,17-18H2,1-4H3,(H2,24,26,27);1H. The van der Waals surface area contributed by atoms with Gasteiger partial charge in [-0.15, -0.1) is 35.3 Å². The van der Waals surface area contributed by atoms with Gasteiger partial charge in [-0.25, -0.2) is 9.98 Å². The van der Waals surface area contributed by atoms with Crippen LogP contribution in [0.3, 0.4) is 0 Å². The Morgan fingerprint density at radius 3 is 2.58 bits per heavy atom. The summed E-state index contributed by atoms with van der Waals surface area (Å²) in [5.74, 6) is 1.92. The maximum Gasteiger partial charge on any atom is 0.191 e. The van der Waals surface area contributed by atoms with E-state index in [1.807, 2.05) is 6.20 Å². The molecule has 1 saturated heterocycles. The minimum Gasteiger partial charge on any atom is -0.357 e. The number of nitrogens with one attached hydrogen (secondary N) is 2. The molecule has 0 aromatic carbocycles. The van der Waals surface area contributed by atoms with Crippen LogP contribution < -0.4 is 15.5 Å². The van der Waals surface area contributed by atoms with E-state index in [0.717, 1.165) is 57.6 Å². The SMILES string of the molecule is CCNC(=NCc1ccnc(N2CCN(CC)CC2)c1)NCC(C)(C)c1cccs1.I. The molecule has 31 heavy (non-hydrogen) atoms. The van der Waals surface area contributed by atoms with Gasteiger partial charge in [-0.3, -0.25) is 0 Å². The van der Waals surface area contributed by atoms with Crippen molar-refractivity contribution in [2.45, 2.75) is 39.7 Å². The maximum atomic E-state index is 4.82. The lowest BCUT2D eigenvalue weighted by atomic mass is 9.91. The van der Waals surface area contributed by atoms with Gasteiger partial charge in [-0.05, 0) is 42.6 Å². The summed E-state index contributed by atoms with van der Waals surface area (Å²) in [4.78, 5) is 15.7. The van der Waals surface area contributed by atoms with Crippen molar-refractivity contribution in [3.8, 4) is 0 Å². The van der Waals surface area contributed by atoms with Crippen LogP contribution in [0.25, 0.3) is 0 Å². The summed E-state index contributed by atoms with van der Waals surface area (Å²) in [7, 11) is 0. The lowest BCUT2D eigenvalue weighted by Gasteiger charge is -2.34. The van der Waals surface area contributed by atoms with Crippen molar-refractivity contribution in [2.75, 3.05) is 50.7 Å². The van der Waals surface area contributed by atoms with Gasteiger partial charge in [0.25, 0.3) is 0 Å². The minimum absolute atomic E-state index is 0. The molecule has 3 rings (SSSR count). The van der Waals surface area contributed by atoms with Crippen LogP contribution in [0.5, 0.6) is 0 Å². The van der Waals surface area contributed by atoms with Gasteiger partial charge in [0.2, 0.25) is 0 Å². The van der Waals surface area contributed by atoms with Crippen LogP contribution in [0.1, 0.15) is 38.1 Å². The molecule has 0 aliphatic carbocycles. The van der Waals surface area contributed by atoms with Gasteiger partial charge in [0, 0.05) is 55.8 Å². The number of nitrogens with zero attached hydrogens (tertiary/aromatic N) is 4. The molecule has 1 fully saturated rings. The molecule has 2 N–H and O–H groups in total. The molecule has 0 bridgehead atoms. The normalized spacial score (nSPS) is 15.5. The number of pyridine rings is 1. The summed E-state index contributed by atoms with van der Waals surface area (Å²) in [6, 6.07) is 8.57. The zero-order valence-electron chi connectivity index (χ0n) is 19.2. The number of rotatable bonds is 8. The molecular weight excluding hydrogens is 519 g/mol. The van der Waals surface area contributed by atoms with Crippen molar-refractivity contribution >= 4 is 47.1 Å². The highest BCUT2D eigenvalue weighted by atomic mass is 127. The Kier molecular flexibility index (Phi) is 10.5. The van der Waals surface area contributed by atoms with E-state index < -0.39 is 0 Å². The number of hydrogen-bond acceptors (Lipinski definition) is 5. The average molecular weight is 557 g/mol. The predicted molar refractivity (Wildman–Crippen MR) is 144 cm³/mol. The molecule has 0 spiro atoms. The van der Waals surface area contributed by atoms with Crippen molar-refractivity contribution in [3.05, 3.63) is 46.3 Å². The monoisotopic (exact) mass is 556 g/mol. The van der Waals surface area contributed by atoms with E-state index in [2.05, 4.69) is 82.8 Å². The fraction of sp³-hybridized carbons (Fsp3) is 0.565. The molecule has 6 nitrogen and oxygen atoms in total. The summed E-state index contributed by atoms with van der Waals surface area (Å²) in [6.45, 7) is 16.6. The zero-order chi connectivity index (χ0) is 21.4. The van der Waals surface area contributed by atoms with E-state index in [-0.39, 0.29) is 29.4 Å². The van der Waals surface area contributed by atoms with Crippen LogP contribution in [0.4, 0.5) is 5.82 Å². The number of aromatic nitrogens is 1. The van der Waals surface area contributed by atoms with Gasteiger partial charge in [0.1, 0.15) is 5.82 Å². The highest BCUT2D eigenvalue weighted by Crippen LogP contribution is 2.26. The van der Waals surface area contributed by atoms with E-state index in [4.69, 9.17) is 4.99 Å². The number of piperazine rings is 1. The summed E-state index contributed by atoms with van der Waals surface area (Å²) < 4.78 is 0. The highest BCUT2D eigenvalue weighted by molar-refractivity contribution is 14.0. The van der Waals surface area contributed by atoms with Crippen molar-refractivity contribution < 1.29 is 0 Å².